The van der Waals surface area contributed by atoms with Gasteiger partial charge in [0, 0.05) is 10.7 Å². The molecule has 5 nitrogen and oxygen atoms in total. The van der Waals surface area contributed by atoms with E-state index in [1.807, 2.05) is 26.0 Å². The first-order chi connectivity index (χ1) is 11.4. The lowest BCUT2D eigenvalue weighted by Gasteiger charge is -2.25. The third-order valence-corrected chi connectivity index (χ3v) is 4.21. The summed E-state index contributed by atoms with van der Waals surface area (Å²) in [5.41, 5.74) is 3.04. The first-order valence-corrected chi connectivity index (χ1v) is 8.01. The van der Waals surface area contributed by atoms with Crippen LogP contribution in [0, 0.1) is 13.8 Å². The van der Waals surface area contributed by atoms with Crippen LogP contribution in [0.5, 0.6) is 0 Å². The van der Waals surface area contributed by atoms with Crippen molar-refractivity contribution in [2.24, 2.45) is 0 Å². The number of halogens is 1. The first-order valence-electron chi connectivity index (χ1n) is 7.22. The summed E-state index contributed by atoms with van der Waals surface area (Å²) in [6.07, 6.45) is 6.67. The molecule has 24 heavy (non-hydrogen) atoms. The lowest BCUT2D eigenvalue weighted by molar-refractivity contribution is -0.139. The number of esters is 2. The Bertz CT molecular complexity index is 777. The summed E-state index contributed by atoms with van der Waals surface area (Å²) < 4.78 is 10.6. The van der Waals surface area contributed by atoms with Crippen molar-refractivity contribution in [1.82, 2.24) is 0 Å². The number of anilines is 1. The van der Waals surface area contributed by atoms with Gasteiger partial charge in [-0.3, -0.25) is 0 Å². The summed E-state index contributed by atoms with van der Waals surface area (Å²) >= 11 is 3.47. The van der Waals surface area contributed by atoms with Crippen molar-refractivity contribution < 1.29 is 19.1 Å². The maximum Gasteiger partial charge on any atom is 0.355 e. The van der Waals surface area contributed by atoms with Crippen molar-refractivity contribution in [2.75, 3.05) is 19.1 Å². The standard InChI is InChI=1S/C18H18BrNO4/c1-11-9-13(19)10-15(12(11)2)20-8-6-5-7-14(17(21)23-3)16(20)18(22)24-4/h5-10H,1-4H3. The fourth-order valence-corrected chi connectivity index (χ4v) is 2.96. The molecule has 0 N–H and O–H groups in total. The summed E-state index contributed by atoms with van der Waals surface area (Å²) in [5.74, 6) is -1.23. The van der Waals surface area contributed by atoms with Gasteiger partial charge in [-0.05, 0) is 49.3 Å². The van der Waals surface area contributed by atoms with Gasteiger partial charge in [0.1, 0.15) is 5.70 Å². The summed E-state index contributed by atoms with van der Waals surface area (Å²) in [4.78, 5) is 26.2. The summed E-state index contributed by atoms with van der Waals surface area (Å²) in [6, 6.07) is 3.87. The number of allylic oxidation sites excluding steroid dienone is 2. The van der Waals surface area contributed by atoms with Crippen molar-refractivity contribution in [3.63, 3.8) is 0 Å². The fraction of sp³-hybridized carbons (Fsp3) is 0.222. The zero-order valence-electron chi connectivity index (χ0n) is 13.9. The van der Waals surface area contributed by atoms with Crippen molar-refractivity contribution in [3.8, 4) is 0 Å². The highest BCUT2D eigenvalue weighted by Crippen LogP contribution is 2.33. The van der Waals surface area contributed by atoms with E-state index in [1.165, 1.54) is 20.3 Å². The van der Waals surface area contributed by atoms with Gasteiger partial charge in [0.2, 0.25) is 0 Å². The van der Waals surface area contributed by atoms with Gasteiger partial charge in [0.25, 0.3) is 0 Å². The Labute approximate surface area is 149 Å². The normalized spacial score (nSPS) is 13.8. The number of hydrogen-bond acceptors (Lipinski definition) is 5. The van der Waals surface area contributed by atoms with Crippen LogP contribution in [-0.2, 0) is 19.1 Å². The Morgan fingerprint density at radius 3 is 2.33 bits per heavy atom. The molecule has 0 atom stereocenters. The number of carbonyl (C=O) groups is 2. The maximum atomic E-state index is 12.4. The van der Waals surface area contributed by atoms with Crippen molar-refractivity contribution >= 4 is 33.6 Å². The maximum absolute atomic E-state index is 12.4. The molecule has 0 bridgehead atoms. The molecule has 0 unspecified atom stereocenters. The van der Waals surface area contributed by atoms with Gasteiger partial charge in [-0.25, -0.2) is 9.59 Å². The second-order valence-corrected chi connectivity index (χ2v) is 6.10. The molecule has 1 aliphatic rings. The molecule has 1 heterocycles. The van der Waals surface area contributed by atoms with Crippen molar-refractivity contribution in [3.05, 3.63) is 63.4 Å². The summed E-state index contributed by atoms with van der Waals surface area (Å²) in [7, 11) is 2.55. The third-order valence-electron chi connectivity index (χ3n) is 3.75. The molecule has 0 saturated carbocycles. The van der Waals surface area contributed by atoms with Gasteiger partial charge in [-0.1, -0.05) is 22.0 Å². The van der Waals surface area contributed by atoms with Crippen LogP contribution < -0.4 is 4.90 Å². The molecule has 1 aromatic carbocycles. The van der Waals surface area contributed by atoms with Crippen LogP contribution >= 0.6 is 15.9 Å². The Morgan fingerprint density at radius 2 is 1.71 bits per heavy atom. The first kappa shape index (κ1) is 18.0. The molecule has 1 aromatic rings. The van der Waals surface area contributed by atoms with E-state index in [-0.39, 0.29) is 11.3 Å². The molecular formula is C18H18BrNO4. The van der Waals surface area contributed by atoms with Crippen LogP contribution in [0.2, 0.25) is 0 Å². The zero-order chi connectivity index (χ0) is 17.9. The Kier molecular flexibility index (Phi) is 5.62. The highest BCUT2D eigenvalue weighted by atomic mass is 79.9. The second kappa shape index (κ2) is 7.49. The number of hydrogen-bond donors (Lipinski definition) is 0. The van der Waals surface area contributed by atoms with Crippen LogP contribution in [-0.4, -0.2) is 26.2 Å². The molecule has 0 radical (unpaired) electrons. The van der Waals surface area contributed by atoms with Gasteiger partial charge in [0.05, 0.1) is 25.5 Å². The van der Waals surface area contributed by atoms with Gasteiger partial charge in [0.15, 0.2) is 0 Å². The highest BCUT2D eigenvalue weighted by Gasteiger charge is 2.28. The Hall–Kier alpha value is -2.34. The number of carbonyl (C=O) groups excluding carboxylic acids is 2. The molecule has 2 rings (SSSR count). The van der Waals surface area contributed by atoms with E-state index in [0.717, 1.165) is 21.3 Å². The Balaban J connectivity index is 2.75. The number of ether oxygens (including phenoxy) is 2. The van der Waals surface area contributed by atoms with E-state index >= 15 is 0 Å². The predicted molar refractivity (Wildman–Crippen MR) is 95.4 cm³/mol. The van der Waals surface area contributed by atoms with Crippen LogP contribution in [0.15, 0.2) is 52.3 Å². The van der Waals surface area contributed by atoms with Crippen molar-refractivity contribution in [1.29, 1.82) is 0 Å². The van der Waals surface area contributed by atoms with Gasteiger partial charge in [-0.2, -0.15) is 0 Å². The molecule has 6 heteroatoms. The van der Waals surface area contributed by atoms with Crippen LogP contribution in [0.1, 0.15) is 11.1 Å². The Morgan fingerprint density at radius 1 is 1.04 bits per heavy atom. The van der Waals surface area contributed by atoms with E-state index in [4.69, 9.17) is 9.47 Å². The SMILES string of the molecule is COC(=O)C1=C(C(=O)OC)N(c2cc(Br)cc(C)c2C)C=CC=C1. The van der Waals surface area contributed by atoms with E-state index < -0.39 is 11.9 Å². The predicted octanol–water partition coefficient (Wildman–Crippen LogP) is 3.56. The average molecular weight is 392 g/mol. The van der Waals surface area contributed by atoms with Crippen LogP contribution in [0.3, 0.4) is 0 Å². The van der Waals surface area contributed by atoms with Gasteiger partial charge < -0.3 is 14.4 Å². The molecule has 0 saturated heterocycles. The monoisotopic (exact) mass is 391 g/mol. The fourth-order valence-electron chi connectivity index (χ4n) is 2.40. The largest absolute Gasteiger partial charge is 0.465 e. The highest BCUT2D eigenvalue weighted by molar-refractivity contribution is 9.10. The summed E-state index contributed by atoms with van der Waals surface area (Å²) in [5, 5.41) is 0. The molecule has 126 valence electrons. The third kappa shape index (κ3) is 3.43. The topological polar surface area (TPSA) is 55.8 Å². The molecular weight excluding hydrogens is 374 g/mol. The smallest absolute Gasteiger partial charge is 0.355 e. The van der Waals surface area contributed by atoms with Gasteiger partial charge >= 0.3 is 11.9 Å². The number of benzene rings is 1. The average Bonchev–Trinajstić information content (AvgIpc) is 2.79. The van der Waals surface area contributed by atoms with E-state index in [0.29, 0.717) is 0 Å². The van der Waals surface area contributed by atoms with E-state index in [1.54, 1.807) is 23.3 Å². The number of rotatable bonds is 3. The minimum Gasteiger partial charge on any atom is -0.465 e. The molecule has 0 fully saturated rings. The zero-order valence-corrected chi connectivity index (χ0v) is 15.5. The van der Waals surface area contributed by atoms with Crippen LogP contribution in [0.25, 0.3) is 0 Å². The van der Waals surface area contributed by atoms with E-state index in [2.05, 4.69) is 15.9 Å². The molecule has 0 amide bonds. The quantitative estimate of drug-likeness (QED) is 0.737. The molecule has 0 aromatic heterocycles. The lowest BCUT2D eigenvalue weighted by atomic mass is 10.1. The minimum absolute atomic E-state index is 0.106. The number of aryl methyl sites for hydroxylation is 1. The summed E-state index contributed by atoms with van der Waals surface area (Å²) in [6.45, 7) is 3.93. The van der Waals surface area contributed by atoms with Crippen molar-refractivity contribution in [2.45, 2.75) is 13.8 Å². The lowest BCUT2D eigenvalue weighted by Crippen LogP contribution is -2.27. The minimum atomic E-state index is -0.622. The molecule has 0 aliphatic carbocycles. The number of methoxy groups -OCH3 is 2. The van der Waals surface area contributed by atoms with E-state index in [9.17, 15) is 9.59 Å². The molecule has 0 spiro atoms. The second-order valence-electron chi connectivity index (χ2n) is 5.18. The van der Waals surface area contributed by atoms with Crippen LogP contribution in [0.4, 0.5) is 5.69 Å². The molecule has 1 aliphatic heterocycles. The van der Waals surface area contributed by atoms with Gasteiger partial charge in [-0.15, -0.1) is 0 Å². The number of nitrogens with zero attached hydrogens (tertiary/aromatic N) is 1.